The maximum atomic E-state index is 12.3. The number of amides is 3. The molecular formula is C21H31N3O2. The van der Waals surface area contributed by atoms with Crippen molar-refractivity contribution in [1.82, 2.24) is 15.5 Å². The van der Waals surface area contributed by atoms with Gasteiger partial charge in [-0.3, -0.25) is 4.79 Å². The Morgan fingerprint density at radius 2 is 1.73 bits per heavy atom. The van der Waals surface area contributed by atoms with Gasteiger partial charge in [0.25, 0.3) is 0 Å². The molecule has 1 heterocycles. The van der Waals surface area contributed by atoms with Gasteiger partial charge in [0.2, 0.25) is 5.91 Å². The van der Waals surface area contributed by atoms with Gasteiger partial charge in [-0.2, -0.15) is 0 Å². The molecule has 2 atom stereocenters. The number of benzene rings is 1. The van der Waals surface area contributed by atoms with E-state index in [9.17, 15) is 9.59 Å². The zero-order valence-electron chi connectivity index (χ0n) is 16.0. The fourth-order valence-electron chi connectivity index (χ4n) is 4.54. The van der Waals surface area contributed by atoms with Crippen LogP contribution in [-0.4, -0.2) is 36.5 Å². The largest absolute Gasteiger partial charge is 0.354 e. The highest BCUT2D eigenvalue weighted by atomic mass is 16.2. The highest BCUT2D eigenvalue weighted by molar-refractivity contribution is 5.84. The van der Waals surface area contributed by atoms with E-state index in [1.54, 1.807) is 4.90 Å². The summed E-state index contributed by atoms with van der Waals surface area (Å²) in [5.41, 5.74) is 2.50. The minimum Gasteiger partial charge on any atom is -0.354 e. The summed E-state index contributed by atoms with van der Waals surface area (Å²) < 4.78 is 0. The molecule has 1 aromatic rings. The molecule has 5 heteroatoms. The summed E-state index contributed by atoms with van der Waals surface area (Å²) in [7, 11) is 0. The van der Waals surface area contributed by atoms with Crippen molar-refractivity contribution in [2.24, 2.45) is 17.8 Å². The normalized spacial score (nSPS) is 25.3. The van der Waals surface area contributed by atoms with Gasteiger partial charge in [0.15, 0.2) is 0 Å². The molecule has 1 aromatic carbocycles. The van der Waals surface area contributed by atoms with Crippen molar-refractivity contribution >= 4 is 11.9 Å². The molecule has 1 saturated carbocycles. The molecule has 0 saturated heterocycles. The number of carbonyl (C=O) groups is 2. The van der Waals surface area contributed by atoms with Crippen LogP contribution in [0.2, 0.25) is 0 Å². The topological polar surface area (TPSA) is 61.4 Å². The van der Waals surface area contributed by atoms with Crippen LogP contribution in [0.4, 0.5) is 4.79 Å². The summed E-state index contributed by atoms with van der Waals surface area (Å²) in [5.74, 6) is 1.94. The predicted octanol–water partition coefficient (Wildman–Crippen LogP) is 2.94. The van der Waals surface area contributed by atoms with Crippen molar-refractivity contribution in [2.45, 2.75) is 46.1 Å². The molecule has 0 spiro atoms. The lowest BCUT2D eigenvalue weighted by Gasteiger charge is -2.31. The van der Waals surface area contributed by atoms with Crippen LogP contribution in [0.1, 0.15) is 44.2 Å². The number of nitrogens with one attached hydrogen (secondary N) is 2. The Hall–Kier alpha value is -2.04. The van der Waals surface area contributed by atoms with Crippen LogP contribution in [-0.2, 0) is 17.8 Å². The smallest absolute Gasteiger partial charge is 0.318 e. The molecule has 26 heavy (non-hydrogen) atoms. The molecule has 5 nitrogen and oxygen atoms in total. The molecule has 3 rings (SSSR count). The lowest BCUT2D eigenvalue weighted by molar-refractivity contribution is -0.120. The number of nitrogens with zero attached hydrogens (tertiary/aromatic N) is 1. The number of urea groups is 1. The quantitative estimate of drug-likeness (QED) is 0.870. The Bertz CT molecular complexity index is 636. The minimum absolute atomic E-state index is 0.0504. The Kier molecular flexibility index (Phi) is 6.17. The SMILES string of the molecule is CC1CC(C)CC(CNC(=O)CNC(=O)N2CCc3ccccc3C2)C1. The summed E-state index contributed by atoms with van der Waals surface area (Å²) in [5, 5.41) is 5.76. The molecule has 0 bridgehead atoms. The highest BCUT2D eigenvalue weighted by Gasteiger charge is 2.24. The molecule has 0 aromatic heterocycles. The third-order valence-electron chi connectivity index (χ3n) is 5.68. The van der Waals surface area contributed by atoms with Crippen LogP contribution in [0, 0.1) is 17.8 Å². The first-order valence-electron chi connectivity index (χ1n) is 9.87. The van der Waals surface area contributed by atoms with Crippen molar-refractivity contribution in [1.29, 1.82) is 0 Å². The maximum Gasteiger partial charge on any atom is 0.318 e. The van der Waals surface area contributed by atoms with E-state index in [0.29, 0.717) is 19.0 Å². The van der Waals surface area contributed by atoms with Gasteiger partial charge in [-0.25, -0.2) is 4.79 Å². The predicted molar refractivity (Wildman–Crippen MR) is 103 cm³/mol. The number of carbonyl (C=O) groups excluding carboxylic acids is 2. The molecule has 2 N–H and O–H groups in total. The van der Waals surface area contributed by atoms with Gasteiger partial charge < -0.3 is 15.5 Å². The van der Waals surface area contributed by atoms with Crippen molar-refractivity contribution in [3.8, 4) is 0 Å². The summed E-state index contributed by atoms with van der Waals surface area (Å²) in [6.07, 6.45) is 4.53. The Labute approximate surface area is 156 Å². The van der Waals surface area contributed by atoms with E-state index in [1.807, 2.05) is 12.1 Å². The summed E-state index contributed by atoms with van der Waals surface area (Å²) >= 11 is 0. The number of rotatable bonds is 4. The fraction of sp³-hybridized carbons (Fsp3) is 0.619. The van der Waals surface area contributed by atoms with Gasteiger partial charge in [0.1, 0.15) is 0 Å². The van der Waals surface area contributed by atoms with E-state index in [4.69, 9.17) is 0 Å². The second kappa shape index (κ2) is 8.56. The first-order valence-corrected chi connectivity index (χ1v) is 9.87. The second-order valence-corrected chi connectivity index (χ2v) is 8.19. The number of fused-ring (bicyclic) bond motifs is 1. The van der Waals surface area contributed by atoms with E-state index in [2.05, 4.69) is 36.6 Å². The molecule has 1 fully saturated rings. The van der Waals surface area contributed by atoms with Gasteiger partial charge in [0, 0.05) is 19.6 Å². The zero-order valence-corrected chi connectivity index (χ0v) is 16.0. The Balaban J connectivity index is 1.38. The maximum absolute atomic E-state index is 12.3. The van der Waals surface area contributed by atoms with E-state index in [1.165, 1.54) is 30.4 Å². The standard InChI is InChI=1S/C21H31N3O2/c1-15-9-16(2)11-17(10-15)12-22-20(25)13-23-21(26)24-8-7-18-5-3-4-6-19(18)14-24/h3-6,15-17H,7-14H2,1-2H3,(H,22,25)(H,23,26). The van der Waals surface area contributed by atoms with Crippen molar-refractivity contribution in [3.05, 3.63) is 35.4 Å². The second-order valence-electron chi connectivity index (χ2n) is 8.19. The fourth-order valence-corrected chi connectivity index (χ4v) is 4.54. The average Bonchev–Trinajstić information content (AvgIpc) is 2.63. The van der Waals surface area contributed by atoms with E-state index < -0.39 is 0 Å². The molecule has 1 aliphatic carbocycles. The molecule has 3 amide bonds. The van der Waals surface area contributed by atoms with Gasteiger partial charge >= 0.3 is 6.03 Å². The van der Waals surface area contributed by atoms with Crippen LogP contribution in [0.25, 0.3) is 0 Å². The highest BCUT2D eigenvalue weighted by Crippen LogP contribution is 2.32. The van der Waals surface area contributed by atoms with Crippen LogP contribution in [0.3, 0.4) is 0 Å². The molecule has 2 unspecified atom stereocenters. The van der Waals surface area contributed by atoms with Crippen molar-refractivity contribution in [2.75, 3.05) is 19.6 Å². The van der Waals surface area contributed by atoms with Crippen LogP contribution >= 0.6 is 0 Å². The molecule has 1 aliphatic heterocycles. The molecule has 2 aliphatic rings. The van der Waals surface area contributed by atoms with Gasteiger partial charge in [-0.1, -0.05) is 38.1 Å². The van der Waals surface area contributed by atoms with Crippen molar-refractivity contribution < 1.29 is 9.59 Å². The zero-order chi connectivity index (χ0) is 18.5. The number of hydrogen-bond acceptors (Lipinski definition) is 2. The lowest BCUT2D eigenvalue weighted by Crippen LogP contribution is -2.46. The summed E-state index contributed by atoms with van der Waals surface area (Å²) in [6.45, 7) is 6.67. The third-order valence-corrected chi connectivity index (χ3v) is 5.68. The Morgan fingerprint density at radius 1 is 1.04 bits per heavy atom. The lowest BCUT2D eigenvalue weighted by atomic mass is 9.77. The average molecular weight is 357 g/mol. The minimum atomic E-state index is -0.158. The van der Waals surface area contributed by atoms with Crippen molar-refractivity contribution in [3.63, 3.8) is 0 Å². The Morgan fingerprint density at radius 3 is 2.46 bits per heavy atom. The first kappa shape index (κ1) is 18.7. The summed E-state index contributed by atoms with van der Waals surface area (Å²) in [6, 6.07) is 8.06. The van der Waals surface area contributed by atoms with Gasteiger partial charge in [-0.05, 0) is 54.6 Å². The monoisotopic (exact) mass is 357 g/mol. The molecule has 0 radical (unpaired) electrons. The third kappa shape index (κ3) is 4.99. The van der Waals surface area contributed by atoms with E-state index >= 15 is 0 Å². The molecule has 142 valence electrons. The summed E-state index contributed by atoms with van der Waals surface area (Å²) in [4.78, 5) is 26.2. The van der Waals surface area contributed by atoms with Gasteiger partial charge in [-0.15, -0.1) is 0 Å². The van der Waals surface area contributed by atoms with Crippen LogP contribution in [0.5, 0.6) is 0 Å². The molecular weight excluding hydrogens is 326 g/mol. The first-order chi connectivity index (χ1) is 12.5. The van der Waals surface area contributed by atoms with Crippen LogP contribution < -0.4 is 10.6 Å². The van der Waals surface area contributed by atoms with E-state index in [-0.39, 0.29) is 18.5 Å². The number of hydrogen-bond donors (Lipinski definition) is 2. The van der Waals surface area contributed by atoms with Gasteiger partial charge in [0.05, 0.1) is 6.54 Å². The van der Waals surface area contributed by atoms with E-state index in [0.717, 1.165) is 24.8 Å². The van der Waals surface area contributed by atoms with Crippen LogP contribution in [0.15, 0.2) is 24.3 Å².